The number of fused-ring (bicyclic) bond motifs is 1. The predicted octanol–water partition coefficient (Wildman–Crippen LogP) is 6.34. The van der Waals surface area contributed by atoms with Crippen molar-refractivity contribution in [2.75, 3.05) is 18.1 Å². The molecule has 0 bridgehead atoms. The van der Waals surface area contributed by atoms with E-state index in [0.29, 0.717) is 34.6 Å². The molecule has 0 radical (unpaired) electrons. The second-order valence-electron chi connectivity index (χ2n) is 9.22. The summed E-state index contributed by atoms with van der Waals surface area (Å²) in [4.78, 5) is 45.8. The molecule has 9 nitrogen and oxygen atoms in total. The molecule has 1 unspecified atom stereocenters. The topological polar surface area (TPSA) is 119 Å². The Kier molecular flexibility index (Phi) is 7.70. The molecule has 1 N–H and O–H groups in total. The Labute approximate surface area is 234 Å². The summed E-state index contributed by atoms with van der Waals surface area (Å²) in [6, 6.07) is 14.7. The van der Waals surface area contributed by atoms with Crippen LogP contribution in [0, 0.1) is 6.92 Å². The summed E-state index contributed by atoms with van der Waals surface area (Å²) in [6.07, 6.45) is 1.90. The maximum absolute atomic E-state index is 13.8. The van der Waals surface area contributed by atoms with Gasteiger partial charge in [0.25, 0.3) is 5.91 Å². The number of anilines is 1. The Hall–Kier alpha value is -4.44. The first-order valence-corrected chi connectivity index (χ1v) is 13.8. The number of rotatable bonds is 10. The van der Waals surface area contributed by atoms with Crippen molar-refractivity contribution < 1.29 is 33.4 Å². The van der Waals surface area contributed by atoms with E-state index in [1.54, 1.807) is 62.4 Å². The number of amides is 1. The molecule has 1 atom stereocenters. The van der Waals surface area contributed by atoms with E-state index in [4.69, 9.17) is 13.9 Å². The fraction of sp³-hybridized carbons (Fsp3) is 0.267. The minimum Gasteiger partial charge on any atom is -0.503 e. The molecule has 0 saturated carbocycles. The number of carbonyl (C=O) groups is 3. The van der Waals surface area contributed by atoms with Crippen LogP contribution in [0.15, 0.2) is 70.3 Å². The van der Waals surface area contributed by atoms with Gasteiger partial charge in [0, 0.05) is 5.39 Å². The van der Waals surface area contributed by atoms with Gasteiger partial charge in [-0.05, 0) is 50.1 Å². The molecule has 10 heteroatoms. The quantitative estimate of drug-likeness (QED) is 0.136. The first-order valence-electron chi connectivity index (χ1n) is 13.0. The number of ketones is 1. The molecule has 5 rings (SSSR count). The lowest BCUT2D eigenvalue weighted by Gasteiger charge is -2.24. The van der Waals surface area contributed by atoms with Gasteiger partial charge in [0.1, 0.15) is 16.2 Å². The van der Waals surface area contributed by atoms with E-state index in [2.05, 4.69) is 11.9 Å². The second kappa shape index (κ2) is 11.4. The molecule has 1 amide bonds. The number of hydrogen-bond acceptors (Lipinski definition) is 9. The molecule has 4 aromatic rings. The summed E-state index contributed by atoms with van der Waals surface area (Å²) < 4.78 is 16.7. The highest BCUT2D eigenvalue weighted by molar-refractivity contribution is 7.17. The lowest BCUT2D eigenvalue weighted by Crippen LogP contribution is -2.31. The number of aromatic nitrogens is 1. The van der Waals surface area contributed by atoms with Gasteiger partial charge in [0.2, 0.25) is 5.78 Å². The normalized spacial score (nSPS) is 15.2. The molecular formula is C30H28N2O7S. The zero-order chi connectivity index (χ0) is 28.4. The molecule has 2 aromatic heterocycles. The van der Waals surface area contributed by atoms with Crippen LogP contribution in [-0.2, 0) is 9.53 Å². The van der Waals surface area contributed by atoms with Crippen LogP contribution in [0.4, 0.5) is 5.13 Å². The van der Waals surface area contributed by atoms with Crippen LogP contribution in [0.25, 0.3) is 11.0 Å². The summed E-state index contributed by atoms with van der Waals surface area (Å²) >= 11 is 0.961. The number of aryl methyl sites for hydroxylation is 1. The van der Waals surface area contributed by atoms with Gasteiger partial charge in [-0.3, -0.25) is 14.5 Å². The Morgan fingerprint density at radius 1 is 1.12 bits per heavy atom. The fourth-order valence-corrected chi connectivity index (χ4v) is 5.52. The Bertz CT molecular complexity index is 1580. The minimum absolute atomic E-state index is 0.00977. The molecule has 2 aromatic carbocycles. The number of aliphatic hydroxyl groups is 1. The van der Waals surface area contributed by atoms with Crippen LogP contribution in [-0.4, -0.2) is 41.0 Å². The average Bonchev–Trinajstić information content (AvgIpc) is 3.63. The average molecular weight is 561 g/mol. The van der Waals surface area contributed by atoms with Crippen molar-refractivity contribution in [1.29, 1.82) is 0 Å². The van der Waals surface area contributed by atoms with E-state index < -0.39 is 29.5 Å². The number of thiazole rings is 1. The molecule has 0 saturated heterocycles. The van der Waals surface area contributed by atoms with Crippen LogP contribution < -0.4 is 9.64 Å². The van der Waals surface area contributed by atoms with Gasteiger partial charge in [-0.2, -0.15) is 0 Å². The van der Waals surface area contributed by atoms with Crippen molar-refractivity contribution in [3.63, 3.8) is 0 Å². The first-order chi connectivity index (χ1) is 19.3. The van der Waals surface area contributed by atoms with Gasteiger partial charge in [-0.15, -0.1) is 0 Å². The van der Waals surface area contributed by atoms with E-state index in [1.807, 2.05) is 6.07 Å². The highest BCUT2D eigenvalue weighted by atomic mass is 32.1. The fourth-order valence-electron chi connectivity index (χ4n) is 4.53. The predicted molar refractivity (Wildman–Crippen MR) is 150 cm³/mol. The summed E-state index contributed by atoms with van der Waals surface area (Å²) in [7, 11) is 0. The summed E-state index contributed by atoms with van der Waals surface area (Å²) in [5, 5.41) is 11.9. The lowest BCUT2D eigenvalue weighted by molar-refractivity contribution is -0.117. The van der Waals surface area contributed by atoms with Crippen molar-refractivity contribution in [1.82, 2.24) is 4.98 Å². The highest BCUT2D eigenvalue weighted by Gasteiger charge is 2.47. The minimum atomic E-state index is -1.03. The number of carbonyl (C=O) groups excluding carboxylic acids is 3. The Morgan fingerprint density at radius 3 is 2.58 bits per heavy atom. The van der Waals surface area contributed by atoms with Crippen molar-refractivity contribution in [2.24, 2.45) is 0 Å². The van der Waals surface area contributed by atoms with Crippen molar-refractivity contribution in [2.45, 2.75) is 39.7 Å². The number of nitrogens with zero attached hydrogens (tertiary/aromatic N) is 2. The third-order valence-corrected chi connectivity index (χ3v) is 7.65. The SMILES string of the molecule is CCCCOc1ccc(C2C(C(=O)c3cc4ccccc4o3)=C(O)C(=O)N2c2nc(C)c(C(=O)OCC)s2)cc1. The molecule has 40 heavy (non-hydrogen) atoms. The Morgan fingerprint density at radius 2 is 1.88 bits per heavy atom. The number of Topliss-reactive ketones (excluding diaryl/α,β-unsaturated/α-hetero) is 1. The standard InChI is InChI=1S/C30H28N2O7S/c1-4-6-15-38-20-13-11-18(12-14-20)24-23(25(33)22-16-19-9-7-8-10-21(19)39-22)26(34)28(35)32(24)30-31-17(3)27(40-30)29(36)37-5-2/h7-14,16,24,34H,4-6,15H2,1-3H3. The van der Waals surface area contributed by atoms with Gasteiger partial charge < -0.3 is 19.0 Å². The molecule has 0 fully saturated rings. The number of furan rings is 1. The van der Waals surface area contributed by atoms with Crippen LogP contribution in [0.2, 0.25) is 0 Å². The number of hydrogen-bond donors (Lipinski definition) is 1. The van der Waals surface area contributed by atoms with Crippen LogP contribution in [0.5, 0.6) is 5.75 Å². The number of benzene rings is 2. The van der Waals surface area contributed by atoms with Crippen molar-refractivity contribution in [3.05, 3.63) is 87.8 Å². The zero-order valence-electron chi connectivity index (χ0n) is 22.3. The third kappa shape index (κ3) is 4.98. The molecule has 1 aliphatic heterocycles. The van der Waals surface area contributed by atoms with E-state index >= 15 is 0 Å². The zero-order valence-corrected chi connectivity index (χ0v) is 23.1. The Balaban J connectivity index is 1.58. The largest absolute Gasteiger partial charge is 0.503 e. The van der Waals surface area contributed by atoms with E-state index in [0.717, 1.165) is 24.2 Å². The van der Waals surface area contributed by atoms with E-state index in [9.17, 15) is 19.5 Å². The smallest absolute Gasteiger partial charge is 0.350 e. The van der Waals surface area contributed by atoms with Crippen LogP contribution in [0.3, 0.4) is 0 Å². The lowest BCUT2D eigenvalue weighted by atomic mass is 9.95. The first kappa shape index (κ1) is 27.1. The third-order valence-electron chi connectivity index (χ3n) is 6.52. The van der Waals surface area contributed by atoms with Crippen molar-refractivity contribution >= 4 is 45.1 Å². The number of para-hydroxylation sites is 1. The highest BCUT2D eigenvalue weighted by Crippen LogP contribution is 2.44. The number of esters is 1. The maximum Gasteiger partial charge on any atom is 0.350 e. The van der Waals surface area contributed by atoms with Gasteiger partial charge in [-0.1, -0.05) is 55.0 Å². The number of ether oxygens (including phenoxy) is 2. The molecular weight excluding hydrogens is 532 g/mol. The molecule has 0 spiro atoms. The van der Waals surface area contributed by atoms with Gasteiger partial charge >= 0.3 is 5.97 Å². The molecule has 0 aliphatic carbocycles. The van der Waals surface area contributed by atoms with Gasteiger partial charge in [0.15, 0.2) is 16.7 Å². The molecule has 206 valence electrons. The van der Waals surface area contributed by atoms with E-state index in [1.165, 1.54) is 4.90 Å². The second-order valence-corrected chi connectivity index (χ2v) is 10.2. The summed E-state index contributed by atoms with van der Waals surface area (Å²) in [6.45, 7) is 6.16. The van der Waals surface area contributed by atoms with Crippen LogP contribution in [0.1, 0.15) is 64.2 Å². The van der Waals surface area contributed by atoms with Crippen LogP contribution >= 0.6 is 11.3 Å². The number of aliphatic hydroxyl groups excluding tert-OH is 1. The van der Waals surface area contributed by atoms with Crippen molar-refractivity contribution in [3.8, 4) is 5.75 Å². The number of unbranched alkanes of at least 4 members (excludes halogenated alkanes) is 1. The molecule has 1 aliphatic rings. The van der Waals surface area contributed by atoms with Gasteiger partial charge in [-0.25, -0.2) is 9.78 Å². The maximum atomic E-state index is 13.8. The summed E-state index contributed by atoms with van der Waals surface area (Å²) in [5.74, 6) is -2.07. The summed E-state index contributed by atoms with van der Waals surface area (Å²) in [5.41, 5.74) is 1.28. The molecule has 3 heterocycles. The monoisotopic (exact) mass is 560 g/mol. The van der Waals surface area contributed by atoms with E-state index in [-0.39, 0.29) is 27.9 Å². The van der Waals surface area contributed by atoms with Gasteiger partial charge in [0.05, 0.1) is 30.5 Å².